The molecule has 0 aliphatic carbocycles. The van der Waals surface area contributed by atoms with E-state index in [1.807, 2.05) is 29.2 Å². The van der Waals surface area contributed by atoms with Gasteiger partial charge in [-0.05, 0) is 36.1 Å². The van der Waals surface area contributed by atoms with E-state index in [9.17, 15) is 4.79 Å². The second-order valence-corrected chi connectivity index (χ2v) is 6.38. The van der Waals surface area contributed by atoms with E-state index in [4.69, 9.17) is 11.6 Å². The molecule has 1 aromatic carbocycles. The Balaban J connectivity index is 0.00000220. The fourth-order valence-electron chi connectivity index (χ4n) is 2.53. The number of thioether (sulfide) groups is 1. The van der Waals surface area contributed by atoms with Gasteiger partial charge in [-0.3, -0.25) is 4.79 Å². The summed E-state index contributed by atoms with van der Waals surface area (Å²) in [4.78, 5) is 14.4. The lowest BCUT2D eigenvalue weighted by Crippen LogP contribution is -2.48. The first-order valence-electron chi connectivity index (χ1n) is 6.97. The fourth-order valence-corrected chi connectivity index (χ4v) is 3.16. The molecule has 1 aromatic rings. The third-order valence-corrected chi connectivity index (χ3v) is 4.47. The molecule has 1 aliphatic rings. The van der Waals surface area contributed by atoms with Gasteiger partial charge in [0, 0.05) is 31.1 Å². The van der Waals surface area contributed by atoms with Crippen molar-refractivity contribution in [2.24, 2.45) is 0 Å². The second kappa shape index (κ2) is 9.57. The monoisotopic (exact) mass is 348 g/mol. The van der Waals surface area contributed by atoms with Gasteiger partial charge in [0.1, 0.15) is 0 Å². The number of piperazine rings is 1. The van der Waals surface area contributed by atoms with E-state index in [1.54, 1.807) is 11.8 Å². The van der Waals surface area contributed by atoms with E-state index in [1.165, 1.54) is 0 Å². The van der Waals surface area contributed by atoms with Crippen LogP contribution in [-0.4, -0.2) is 42.4 Å². The SMILES string of the molecule is CSCCCC(=O)N1CCNCC1c1cccc(Cl)c1.Cl. The summed E-state index contributed by atoms with van der Waals surface area (Å²) < 4.78 is 0. The van der Waals surface area contributed by atoms with Crippen LogP contribution >= 0.6 is 35.8 Å². The van der Waals surface area contributed by atoms with Crippen molar-refractivity contribution < 1.29 is 4.79 Å². The lowest BCUT2D eigenvalue weighted by molar-refractivity contribution is -0.134. The number of nitrogens with one attached hydrogen (secondary N) is 1. The van der Waals surface area contributed by atoms with Gasteiger partial charge in [0.05, 0.1) is 6.04 Å². The Bertz CT molecular complexity index is 459. The molecule has 1 aliphatic heterocycles. The molecule has 118 valence electrons. The first-order chi connectivity index (χ1) is 9.72. The zero-order chi connectivity index (χ0) is 14.4. The average molecular weight is 349 g/mol. The number of nitrogens with zero attached hydrogens (tertiary/aromatic N) is 1. The summed E-state index contributed by atoms with van der Waals surface area (Å²) in [5.74, 6) is 1.30. The minimum absolute atomic E-state index is 0. The van der Waals surface area contributed by atoms with E-state index >= 15 is 0 Å². The quantitative estimate of drug-likeness (QED) is 0.827. The summed E-state index contributed by atoms with van der Waals surface area (Å²) in [6.07, 6.45) is 3.66. The van der Waals surface area contributed by atoms with Crippen LogP contribution in [0.2, 0.25) is 5.02 Å². The molecule has 1 amide bonds. The molecule has 21 heavy (non-hydrogen) atoms. The highest BCUT2D eigenvalue weighted by atomic mass is 35.5. The first kappa shape index (κ1) is 18.6. The van der Waals surface area contributed by atoms with E-state index in [-0.39, 0.29) is 24.4 Å². The van der Waals surface area contributed by atoms with Gasteiger partial charge in [-0.15, -0.1) is 12.4 Å². The van der Waals surface area contributed by atoms with Crippen LogP contribution in [0.3, 0.4) is 0 Å². The predicted molar refractivity (Wildman–Crippen MR) is 93.6 cm³/mol. The first-order valence-corrected chi connectivity index (χ1v) is 8.74. The topological polar surface area (TPSA) is 32.3 Å². The van der Waals surface area contributed by atoms with Gasteiger partial charge >= 0.3 is 0 Å². The van der Waals surface area contributed by atoms with E-state index in [0.717, 1.165) is 42.4 Å². The van der Waals surface area contributed by atoms with Crippen LogP contribution in [0.1, 0.15) is 24.4 Å². The van der Waals surface area contributed by atoms with E-state index in [2.05, 4.69) is 11.6 Å². The number of hydrogen-bond donors (Lipinski definition) is 1. The number of halogens is 2. The summed E-state index contributed by atoms with van der Waals surface area (Å²) in [7, 11) is 0. The van der Waals surface area contributed by atoms with Crippen LogP contribution in [0.5, 0.6) is 0 Å². The molecule has 3 nitrogen and oxygen atoms in total. The van der Waals surface area contributed by atoms with Crippen LogP contribution in [0.25, 0.3) is 0 Å². The molecule has 1 N–H and O–H groups in total. The zero-order valence-electron chi connectivity index (χ0n) is 12.2. The van der Waals surface area contributed by atoms with Gasteiger partial charge < -0.3 is 10.2 Å². The van der Waals surface area contributed by atoms with Crippen LogP contribution in [0, 0.1) is 0 Å². The van der Waals surface area contributed by atoms with Crippen LogP contribution in [0.15, 0.2) is 24.3 Å². The largest absolute Gasteiger partial charge is 0.333 e. The molecule has 1 heterocycles. The summed E-state index contributed by atoms with van der Waals surface area (Å²) in [6.45, 7) is 2.44. The third kappa shape index (κ3) is 5.37. The van der Waals surface area contributed by atoms with Gasteiger partial charge in [-0.2, -0.15) is 11.8 Å². The molecule has 0 spiro atoms. The number of benzene rings is 1. The Kier molecular flexibility index (Phi) is 8.49. The summed E-state index contributed by atoms with van der Waals surface area (Å²) in [5.41, 5.74) is 1.11. The molecular formula is C15H22Cl2N2OS. The van der Waals surface area contributed by atoms with Crippen molar-refractivity contribution in [1.82, 2.24) is 10.2 Å². The molecule has 2 rings (SSSR count). The maximum Gasteiger partial charge on any atom is 0.223 e. The van der Waals surface area contributed by atoms with Crippen molar-refractivity contribution in [1.29, 1.82) is 0 Å². The molecular weight excluding hydrogens is 327 g/mol. The molecule has 1 fully saturated rings. The Labute approximate surface area is 142 Å². The van der Waals surface area contributed by atoms with Gasteiger partial charge in [-0.1, -0.05) is 23.7 Å². The number of carbonyl (C=O) groups excluding carboxylic acids is 1. The average Bonchev–Trinajstić information content (AvgIpc) is 2.47. The van der Waals surface area contributed by atoms with Crippen LogP contribution in [0.4, 0.5) is 0 Å². The maximum atomic E-state index is 12.4. The summed E-state index contributed by atoms with van der Waals surface area (Å²) >= 11 is 7.86. The molecule has 0 aromatic heterocycles. The zero-order valence-corrected chi connectivity index (χ0v) is 14.6. The highest BCUT2D eigenvalue weighted by Crippen LogP contribution is 2.25. The van der Waals surface area contributed by atoms with E-state index < -0.39 is 0 Å². The number of carbonyl (C=O) groups is 1. The van der Waals surface area contributed by atoms with E-state index in [0.29, 0.717) is 6.42 Å². The molecule has 1 unspecified atom stereocenters. The maximum absolute atomic E-state index is 12.4. The summed E-state index contributed by atoms with van der Waals surface area (Å²) in [6, 6.07) is 7.92. The van der Waals surface area contributed by atoms with Crippen molar-refractivity contribution in [3.63, 3.8) is 0 Å². The van der Waals surface area contributed by atoms with Gasteiger partial charge in [0.2, 0.25) is 5.91 Å². The number of rotatable bonds is 5. The highest BCUT2D eigenvalue weighted by Gasteiger charge is 2.27. The Morgan fingerprint density at radius 3 is 3.05 bits per heavy atom. The minimum Gasteiger partial charge on any atom is -0.333 e. The van der Waals surface area contributed by atoms with Crippen molar-refractivity contribution in [2.75, 3.05) is 31.6 Å². The van der Waals surface area contributed by atoms with Crippen molar-refractivity contribution in [3.05, 3.63) is 34.9 Å². The molecule has 1 saturated heterocycles. The van der Waals surface area contributed by atoms with Gasteiger partial charge in [-0.25, -0.2) is 0 Å². The molecule has 1 atom stereocenters. The lowest BCUT2D eigenvalue weighted by atomic mass is 10.0. The Hall–Kier alpha value is -0.420. The van der Waals surface area contributed by atoms with Gasteiger partial charge in [0.15, 0.2) is 0 Å². The van der Waals surface area contributed by atoms with Crippen molar-refractivity contribution in [2.45, 2.75) is 18.9 Å². The normalized spacial score (nSPS) is 18.2. The molecule has 0 radical (unpaired) electrons. The van der Waals surface area contributed by atoms with Crippen LogP contribution < -0.4 is 5.32 Å². The Morgan fingerprint density at radius 1 is 1.52 bits per heavy atom. The number of hydrogen-bond acceptors (Lipinski definition) is 3. The molecule has 0 bridgehead atoms. The van der Waals surface area contributed by atoms with Gasteiger partial charge in [0.25, 0.3) is 0 Å². The van der Waals surface area contributed by atoms with Crippen molar-refractivity contribution in [3.8, 4) is 0 Å². The predicted octanol–water partition coefficient (Wildman–Crippen LogP) is 3.38. The third-order valence-electron chi connectivity index (χ3n) is 3.54. The van der Waals surface area contributed by atoms with Crippen LogP contribution in [-0.2, 0) is 4.79 Å². The summed E-state index contributed by atoms with van der Waals surface area (Å²) in [5, 5.41) is 4.09. The second-order valence-electron chi connectivity index (χ2n) is 4.96. The number of amides is 1. The van der Waals surface area contributed by atoms with Crippen molar-refractivity contribution >= 4 is 41.7 Å². The molecule has 0 saturated carbocycles. The lowest BCUT2D eigenvalue weighted by Gasteiger charge is -2.36. The minimum atomic E-state index is 0. The smallest absolute Gasteiger partial charge is 0.223 e. The fraction of sp³-hybridized carbons (Fsp3) is 0.533. The standard InChI is InChI=1S/C15H21ClN2OS.ClH/c1-20-9-3-6-15(19)18-8-7-17-11-14(18)12-4-2-5-13(16)10-12;/h2,4-5,10,14,17H,3,6-9,11H2,1H3;1H. The Morgan fingerprint density at radius 2 is 2.33 bits per heavy atom. The molecule has 6 heteroatoms. The highest BCUT2D eigenvalue weighted by molar-refractivity contribution is 7.98.